The summed E-state index contributed by atoms with van der Waals surface area (Å²) < 4.78 is 0. The van der Waals surface area contributed by atoms with Crippen LogP contribution in [0.25, 0.3) is 0 Å². The van der Waals surface area contributed by atoms with Gasteiger partial charge in [-0.15, -0.1) is 0 Å². The molecule has 1 unspecified atom stereocenters. The molecule has 0 radical (unpaired) electrons. The third-order valence-corrected chi connectivity index (χ3v) is 5.91. The zero-order valence-corrected chi connectivity index (χ0v) is 14.0. The molecule has 1 atom stereocenters. The largest absolute Gasteiger partial charge is 0.316 e. The first-order valence-corrected chi connectivity index (χ1v) is 9.11. The molecule has 0 aliphatic heterocycles. The van der Waals surface area contributed by atoms with E-state index in [2.05, 4.69) is 62.2 Å². The van der Waals surface area contributed by atoms with E-state index >= 15 is 0 Å². The number of thioether (sulfide) groups is 1. The molecule has 1 nitrogen and oxygen atoms in total. The van der Waals surface area contributed by atoms with Gasteiger partial charge in [-0.2, -0.15) is 11.8 Å². The van der Waals surface area contributed by atoms with Crippen molar-refractivity contribution in [1.29, 1.82) is 0 Å². The van der Waals surface area contributed by atoms with E-state index in [4.69, 9.17) is 0 Å². The van der Waals surface area contributed by atoms with Crippen LogP contribution >= 0.6 is 11.8 Å². The third-order valence-electron chi connectivity index (χ3n) is 4.37. The molecule has 1 aromatic carbocycles. The molecule has 0 amide bonds. The number of nitrogens with one attached hydrogen (secondary N) is 1. The minimum atomic E-state index is 0.602. The molecule has 0 bridgehead atoms. The topological polar surface area (TPSA) is 12.0 Å². The van der Waals surface area contributed by atoms with Gasteiger partial charge in [0.15, 0.2) is 0 Å². The predicted octanol–water partition coefficient (Wildman–Crippen LogP) is 4.62. The molecule has 2 heteroatoms. The molecule has 1 N–H and O–H groups in total. The Kier molecular flexibility index (Phi) is 6.44. The summed E-state index contributed by atoms with van der Waals surface area (Å²) in [4.78, 5) is 0. The molecular weight excluding hydrogens is 262 g/mol. The maximum Gasteiger partial charge on any atom is 0.0195 e. The maximum absolute atomic E-state index is 3.49. The van der Waals surface area contributed by atoms with Gasteiger partial charge in [-0.3, -0.25) is 0 Å². The Bertz CT molecular complexity index is 379. The molecular formula is C18H29NS. The van der Waals surface area contributed by atoms with E-state index in [0.717, 1.165) is 11.7 Å². The summed E-state index contributed by atoms with van der Waals surface area (Å²) in [5.74, 6) is 1.87. The molecule has 1 fully saturated rings. The van der Waals surface area contributed by atoms with Crippen LogP contribution in [0.2, 0.25) is 0 Å². The lowest BCUT2D eigenvalue weighted by Crippen LogP contribution is -2.30. The summed E-state index contributed by atoms with van der Waals surface area (Å²) in [7, 11) is 2.10. The van der Waals surface area contributed by atoms with E-state index in [1.54, 1.807) is 0 Å². The molecule has 0 heterocycles. The summed E-state index contributed by atoms with van der Waals surface area (Å²) in [5.41, 5.74) is 2.90. The van der Waals surface area contributed by atoms with Gasteiger partial charge in [0.1, 0.15) is 0 Å². The van der Waals surface area contributed by atoms with Gasteiger partial charge >= 0.3 is 0 Å². The van der Waals surface area contributed by atoms with Crippen molar-refractivity contribution >= 4 is 11.8 Å². The second-order valence-corrected chi connectivity index (χ2v) is 7.66. The van der Waals surface area contributed by atoms with Gasteiger partial charge in [-0.05, 0) is 43.4 Å². The number of likely N-dealkylation sites (N-methyl/N-ethyl adjacent to an activating group) is 1. The van der Waals surface area contributed by atoms with Crippen LogP contribution in [-0.4, -0.2) is 24.1 Å². The van der Waals surface area contributed by atoms with Gasteiger partial charge < -0.3 is 5.32 Å². The highest BCUT2D eigenvalue weighted by Crippen LogP contribution is 2.30. The van der Waals surface area contributed by atoms with Crippen LogP contribution in [0.3, 0.4) is 0 Å². The molecule has 1 aliphatic rings. The fraction of sp³-hybridized carbons (Fsp3) is 0.667. The van der Waals surface area contributed by atoms with E-state index in [9.17, 15) is 0 Å². The molecule has 0 spiro atoms. The fourth-order valence-corrected chi connectivity index (χ4v) is 4.33. The van der Waals surface area contributed by atoms with Crippen molar-refractivity contribution < 1.29 is 0 Å². The Labute approximate surface area is 128 Å². The number of hydrogen-bond donors (Lipinski definition) is 1. The quantitative estimate of drug-likeness (QED) is 0.787. The summed E-state index contributed by atoms with van der Waals surface area (Å²) in [6.07, 6.45) is 6.90. The fourth-order valence-electron chi connectivity index (χ4n) is 2.87. The van der Waals surface area contributed by atoms with Crippen LogP contribution in [0.15, 0.2) is 24.3 Å². The highest BCUT2D eigenvalue weighted by Gasteiger charge is 2.17. The van der Waals surface area contributed by atoms with Gasteiger partial charge in [0.2, 0.25) is 0 Å². The first-order chi connectivity index (χ1) is 9.69. The highest BCUT2D eigenvalue weighted by molar-refractivity contribution is 7.99. The minimum Gasteiger partial charge on any atom is -0.316 e. The third kappa shape index (κ3) is 4.82. The predicted molar refractivity (Wildman–Crippen MR) is 91.8 cm³/mol. The van der Waals surface area contributed by atoms with Crippen molar-refractivity contribution in [2.45, 2.75) is 63.2 Å². The van der Waals surface area contributed by atoms with E-state index in [0.29, 0.717) is 12.0 Å². The molecule has 112 valence electrons. The van der Waals surface area contributed by atoms with Gasteiger partial charge in [0, 0.05) is 17.0 Å². The van der Waals surface area contributed by atoms with Crippen molar-refractivity contribution in [3.05, 3.63) is 35.4 Å². The molecule has 1 aromatic rings. The average Bonchev–Trinajstić information content (AvgIpc) is 2.97. The molecule has 1 saturated carbocycles. The second-order valence-electron chi connectivity index (χ2n) is 6.33. The zero-order valence-electron chi connectivity index (χ0n) is 13.2. The zero-order chi connectivity index (χ0) is 14.4. The SMILES string of the molecule is CNC(CSC1CCCC1)Cc1ccc(C(C)C)cc1. The normalized spacial score (nSPS) is 17.8. The van der Waals surface area contributed by atoms with Crippen molar-refractivity contribution in [2.75, 3.05) is 12.8 Å². The Morgan fingerprint density at radius 1 is 1.15 bits per heavy atom. The molecule has 1 aliphatic carbocycles. The smallest absolute Gasteiger partial charge is 0.0195 e. The van der Waals surface area contributed by atoms with E-state index in [1.807, 2.05) is 0 Å². The van der Waals surface area contributed by atoms with Gasteiger partial charge in [0.05, 0.1) is 0 Å². The molecule has 20 heavy (non-hydrogen) atoms. The standard InChI is InChI=1S/C18H29NS/c1-14(2)16-10-8-15(9-11-16)12-17(19-3)13-20-18-6-4-5-7-18/h8-11,14,17-19H,4-7,12-13H2,1-3H3. The van der Waals surface area contributed by atoms with Crippen molar-refractivity contribution in [3.63, 3.8) is 0 Å². The Morgan fingerprint density at radius 3 is 2.35 bits per heavy atom. The van der Waals surface area contributed by atoms with Crippen LogP contribution < -0.4 is 5.32 Å². The highest BCUT2D eigenvalue weighted by atomic mass is 32.2. The lowest BCUT2D eigenvalue weighted by molar-refractivity contribution is 0.615. The summed E-state index contributed by atoms with van der Waals surface area (Å²) >= 11 is 2.18. The van der Waals surface area contributed by atoms with Crippen molar-refractivity contribution in [3.8, 4) is 0 Å². The average molecular weight is 292 g/mol. The van der Waals surface area contributed by atoms with E-state index < -0.39 is 0 Å². The summed E-state index contributed by atoms with van der Waals surface area (Å²) in [5, 5.41) is 4.42. The van der Waals surface area contributed by atoms with E-state index in [-0.39, 0.29) is 0 Å². The van der Waals surface area contributed by atoms with Gasteiger partial charge in [0.25, 0.3) is 0 Å². The van der Waals surface area contributed by atoms with Crippen molar-refractivity contribution in [1.82, 2.24) is 5.32 Å². The van der Waals surface area contributed by atoms with Crippen LogP contribution in [0.1, 0.15) is 56.6 Å². The van der Waals surface area contributed by atoms with Crippen LogP contribution in [0.5, 0.6) is 0 Å². The van der Waals surface area contributed by atoms with Crippen LogP contribution in [0, 0.1) is 0 Å². The monoisotopic (exact) mass is 291 g/mol. The minimum absolute atomic E-state index is 0.602. The van der Waals surface area contributed by atoms with Gasteiger partial charge in [-0.25, -0.2) is 0 Å². The maximum atomic E-state index is 3.49. The summed E-state index contributed by atoms with van der Waals surface area (Å²) in [6.45, 7) is 4.51. The Balaban J connectivity index is 1.82. The summed E-state index contributed by atoms with van der Waals surface area (Å²) in [6, 6.07) is 9.79. The number of rotatable bonds is 7. The number of benzene rings is 1. The molecule has 0 aromatic heterocycles. The van der Waals surface area contributed by atoms with E-state index in [1.165, 1.54) is 42.6 Å². The van der Waals surface area contributed by atoms with Crippen LogP contribution in [0.4, 0.5) is 0 Å². The lowest BCUT2D eigenvalue weighted by atomic mass is 9.99. The van der Waals surface area contributed by atoms with Gasteiger partial charge in [-0.1, -0.05) is 51.0 Å². The first kappa shape index (κ1) is 15.9. The first-order valence-electron chi connectivity index (χ1n) is 8.06. The molecule has 0 saturated heterocycles. The van der Waals surface area contributed by atoms with Crippen LogP contribution in [-0.2, 0) is 6.42 Å². The lowest BCUT2D eigenvalue weighted by Gasteiger charge is -2.18. The Hall–Kier alpha value is -0.470. The van der Waals surface area contributed by atoms with Crippen molar-refractivity contribution in [2.24, 2.45) is 0 Å². The molecule has 2 rings (SSSR count). The second kappa shape index (κ2) is 8.09. The number of hydrogen-bond acceptors (Lipinski definition) is 2. The Morgan fingerprint density at radius 2 is 1.80 bits per heavy atom.